The molecule has 0 heterocycles. The Hall–Kier alpha value is -1.39. The average Bonchev–Trinajstić information content (AvgIpc) is 2.45. The Morgan fingerprint density at radius 2 is 1.24 bits per heavy atom. The van der Waals surface area contributed by atoms with Crippen molar-refractivity contribution < 1.29 is 0 Å². The minimum Gasteiger partial charge on any atom is -0.0712 e. The van der Waals surface area contributed by atoms with Gasteiger partial charge in [0.1, 0.15) is 0 Å². The van der Waals surface area contributed by atoms with Gasteiger partial charge in [0.25, 0.3) is 0 Å². The van der Waals surface area contributed by atoms with Crippen LogP contribution < -0.4 is 5.19 Å². The molecular formula is C19H24Si2. The maximum Gasteiger partial charge on any atom is 0.0736 e. The lowest BCUT2D eigenvalue weighted by Gasteiger charge is -2.36. The van der Waals surface area contributed by atoms with Gasteiger partial charge in [-0.15, -0.1) is 0 Å². The molecule has 0 aliphatic heterocycles. The highest BCUT2D eigenvalue weighted by Gasteiger charge is 2.38. The molecule has 0 unspecified atom stereocenters. The number of hydrogen-bond acceptors (Lipinski definition) is 0. The van der Waals surface area contributed by atoms with Gasteiger partial charge in [0.15, 0.2) is 0 Å². The van der Waals surface area contributed by atoms with Crippen LogP contribution in [0.15, 0.2) is 54.6 Å². The molecule has 0 aromatic heterocycles. The minimum atomic E-state index is -1.33. The molecular weight excluding hydrogens is 284 g/mol. The summed E-state index contributed by atoms with van der Waals surface area (Å²) >= 11 is 0. The normalized spacial score (nSPS) is 13.0. The van der Waals surface area contributed by atoms with Gasteiger partial charge in [0.2, 0.25) is 0 Å². The lowest BCUT2D eigenvalue weighted by atomic mass is 10.0. The van der Waals surface area contributed by atoms with E-state index in [0.717, 1.165) is 0 Å². The van der Waals surface area contributed by atoms with E-state index >= 15 is 0 Å². The third-order valence-corrected chi connectivity index (χ3v) is 23.0. The molecule has 0 nitrogen and oxygen atoms in total. The van der Waals surface area contributed by atoms with Crippen LogP contribution in [0.5, 0.6) is 0 Å². The van der Waals surface area contributed by atoms with Crippen LogP contribution in [0.25, 0.3) is 21.5 Å². The van der Waals surface area contributed by atoms with E-state index in [1.807, 2.05) is 0 Å². The van der Waals surface area contributed by atoms with E-state index < -0.39 is 15.2 Å². The van der Waals surface area contributed by atoms with Gasteiger partial charge in [0, 0.05) is 7.59 Å². The van der Waals surface area contributed by atoms with E-state index in [1.165, 1.54) is 21.5 Å². The molecule has 0 amide bonds. The molecule has 3 aromatic rings. The standard InChI is InChI=1S/C19H24Si2/c1-20(2,3)21(4,5)17-12-13-19-16(14-17)11-10-15-8-6-7-9-18(15)19/h6-14H,1-5H3. The Morgan fingerprint density at radius 1 is 0.619 bits per heavy atom. The fourth-order valence-electron chi connectivity index (χ4n) is 2.83. The van der Waals surface area contributed by atoms with Crippen LogP contribution in [0.4, 0.5) is 0 Å². The Labute approximate surface area is 129 Å². The molecule has 21 heavy (non-hydrogen) atoms. The predicted octanol–water partition coefficient (Wildman–Crippen LogP) is 5.33. The van der Waals surface area contributed by atoms with Gasteiger partial charge >= 0.3 is 0 Å². The van der Waals surface area contributed by atoms with Crippen LogP contribution in [0.2, 0.25) is 32.7 Å². The van der Waals surface area contributed by atoms with E-state index in [0.29, 0.717) is 0 Å². The van der Waals surface area contributed by atoms with Crippen LogP contribution in [0.3, 0.4) is 0 Å². The summed E-state index contributed by atoms with van der Waals surface area (Å²) in [4.78, 5) is 0. The third-order valence-electron chi connectivity index (χ3n) is 5.34. The monoisotopic (exact) mass is 308 g/mol. The van der Waals surface area contributed by atoms with E-state index in [9.17, 15) is 0 Å². The molecule has 0 aliphatic carbocycles. The average molecular weight is 309 g/mol. The predicted molar refractivity (Wildman–Crippen MR) is 102 cm³/mol. The molecule has 0 bridgehead atoms. The lowest BCUT2D eigenvalue weighted by molar-refractivity contribution is 1.71. The molecule has 0 radical (unpaired) electrons. The third kappa shape index (κ3) is 2.36. The van der Waals surface area contributed by atoms with E-state index in [-0.39, 0.29) is 0 Å². The van der Waals surface area contributed by atoms with Gasteiger partial charge in [-0.25, -0.2) is 0 Å². The van der Waals surface area contributed by atoms with Crippen molar-refractivity contribution in [3.8, 4) is 0 Å². The molecule has 0 aliphatic rings. The van der Waals surface area contributed by atoms with Crippen molar-refractivity contribution in [1.82, 2.24) is 0 Å². The van der Waals surface area contributed by atoms with Gasteiger partial charge in [0.05, 0.1) is 7.59 Å². The summed E-state index contributed by atoms with van der Waals surface area (Å²) in [5.41, 5.74) is 0. The zero-order valence-corrected chi connectivity index (χ0v) is 15.7. The fourth-order valence-corrected chi connectivity index (χ4v) is 7.78. The Bertz CT molecular complexity index is 811. The summed E-state index contributed by atoms with van der Waals surface area (Å²) in [6.07, 6.45) is 0. The largest absolute Gasteiger partial charge is 0.0736 e. The van der Waals surface area contributed by atoms with Crippen molar-refractivity contribution in [2.24, 2.45) is 0 Å². The lowest BCUT2D eigenvalue weighted by Crippen LogP contribution is -2.61. The molecule has 0 N–H and O–H groups in total. The first-order chi connectivity index (χ1) is 9.80. The maximum atomic E-state index is 2.54. The number of benzene rings is 3. The van der Waals surface area contributed by atoms with Crippen molar-refractivity contribution in [3.63, 3.8) is 0 Å². The van der Waals surface area contributed by atoms with Gasteiger partial charge < -0.3 is 0 Å². The van der Waals surface area contributed by atoms with Crippen molar-refractivity contribution in [1.29, 1.82) is 0 Å². The van der Waals surface area contributed by atoms with E-state index in [1.54, 1.807) is 5.19 Å². The highest BCUT2D eigenvalue weighted by atomic mass is 29.3. The zero-order chi connectivity index (χ0) is 15.3. The van der Waals surface area contributed by atoms with Crippen LogP contribution >= 0.6 is 0 Å². The summed E-state index contributed by atoms with van der Waals surface area (Å²) < 4.78 is 0. The van der Waals surface area contributed by atoms with Gasteiger partial charge in [-0.2, -0.15) is 0 Å². The summed E-state index contributed by atoms with van der Waals surface area (Å²) in [6.45, 7) is 12.6. The first-order valence-corrected chi connectivity index (χ1v) is 15.2. The maximum absolute atomic E-state index is 2.54. The topological polar surface area (TPSA) is 0 Å². The second-order valence-corrected chi connectivity index (χ2v) is 24.2. The summed E-state index contributed by atoms with van der Waals surface area (Å²) in [7, 11) is -2.45. The highest BCUT2D eigenvalue weighted by Crippen LogP contribution is 2.26. The summed E-state index contributed by atoms with van der Waals surface area (Å²) in [6, 6.07) is 20.4. The van der Waals surface area contributed by atoms with Crippen LogP contribution in [-0.4, -0.2) is 15.2 Å². The Balaban J connectivity index is 2.25. The first-order valence-electron chi connectivity index (χ1n) is 7.73. The quantitative estimate of drug-likeness (QED) is 0.444. The Morgan fingerprint density at radius 3 is 1.95 bits per heavy atom. The molecule has 0 atom stereocenters. The van der Waals surface area contributed by atoms with Crippen molar-refractivity contribution in [2.75, 3.05) is 0 Å². The summed E-state index contributed by atoms with van der Waals surface area (Å²) in [5.74, 6) is 0. The minimum absolute atomic E-state index is 1.13. The first kappa shape index (κ1) is 14.5. The molecule has 108 valence electrons. The Kier molecular flexibility index (Phi) is 3.34. The highest BCUT2D eigenvalue weighted by molar-refractivity contribution is 7.45. The zero-order valence-electron chi connectivity index (χ0n) is 13.7. The number of hydrogen-bond donors (Lipinski definition) is 0. The van der Waals surface area contributed by atoms with Crippen molar-refractivity contribution in [2.45, 2.75) is 32.7 Å². The van der Waals surface area contributed by atoms with Gasteiger partial charge in [-0.1, -0.05) is 92.5 Å². The second kappa shape index (κ2) is 4.82. The molecule has 0 saturated heterocycles. The SMILES string of the molecule is C[Si](C)(C)[Si](C)(C)c1ccc2c(ccc3ccccc32)c1. The smallest absolute Gasteiger partial charge is 0.0712 e. The molecule has 3 aromatic carbocycles. The molecule has 0 fully saturated rings. The number of fused-ring (bicyclic) bond motifs is 3. The van der Waals surface area contributed by atoms with Crippen molar-refractivity contribution in [3.05, 3.63) is 54.6 Å². The second-order valence-electron chi connectivity index (χ2n) is 7.60. The van der Waals surface area contributed by atoms with Crippen LogP contribution in [0, 0.1) is 0 Å². The molecule has 3 rings (SSSR count). The van der Waals surface area contributed by atoms with Crippen LogP contribution in [0.1, 0.15) is 0 Å². The van der Waals surface area contributed by atoms with Gasteiger partial charge in [-0.05, 0) is 21.5 Å². The van der Waals surface area contributed by atoms with Crippen molar-refractivity contribution >= 4 is 41.9 Å². The van der Waals surface area contributed by atoms with Gasteiger partial charge in [-0.3, -0.25) is 0 Å². The fraction of sp³-hybridized carbons (Fsp3) is 0.263. The van der Waals surface area contributed by atoms with E-state index in [4.69, 9.17) is 0 Å². The molecule has 0 saturated carbocycles. The summed E-state index contributed by atoms with van der Waals surface area (Å²) in [5, 5.41) is 7.10. The van der Waals surface area contributed by atoms with E-state index in [2.05, 4.69) is 87.3 Å². The van der Waals surface area contributed by atoms with Crippen LogP contribution in [-0.2, 0) is 0 Å². The molecule has 0 spiro atoms. The molecule has 2 heteroatoms. The number of rotatable bonds is 2.